The Kier molecular flexibility index (Phi) is 5.62. The van der Waals surface area contributed by atoms with Gasteiger partial charge in [0.2, 0.25) is 0 Å². The van der Waals surface area contributed by atoms with Gasteiger partial charge in [-0.25, -0.2) is 5.01 Å². The zero-order valence-electron chi connectivity index (χ0n) is 14.2. The Labute approximate surface area is 152 Å². The van der Waals surface area contributed by atoms with E-state index in [1.54, 1.807) is 18.3 Å². The zero-order valence-corrected chi connectivity index (χ0v) is 14.2. The van der Waals surface area contributed by atoms with Crippen molar-refractivity contribution in [3.05, 3.63) is 90.5 Å². The molecule has 0 aliphatic heterocycles. The first-order chi connectivity index (χ1) is 12.7. The molecule has 0 atom stereocenters. The number of carbonyl (C=O) groups excluding carboxylic acids is 1. The predicted octanol–water partition coefficient (Wildman–Crippen LogP) is 3.72. The summed E-state index contributed by atoms with van der Waals surface area (Å²) in [6.45, 7) is -0.136. The second-order valence-electron chi connectivity index (χ2n) is 5.55. The number of hydrogen-bond acceptors (Lipinski definition) is 4. The summed E-state index contributed by atoms with van der Waals surface area (Å²) in [6, 6.07) is 27.2. The third-order valence-electron chi connectivity index (χ3n) is 3.58. The fourth-order valence-electron chi connectivity index (χ4n) is 2.35. The van der Waals surface area contributed by atoms with E-state index in [4.69, 9.17) is 10.5 Å². The van der Waals surface area contributed by atoms with Crippen molar-refractivity contribution in [2.75, 3.05) is 11.6 Å². The molecule has 0 saturated carbocycles. The molecule has 3 rings (SSSR count). The summed E-state index contributed by atoms with van der Waals surface area (Å²) in [5, 5.41) is 6.50. The van der Waals surface area contributed by atoms with Crippen LogP contribution in [0.5, 0.6) is 5.75 Å². The van der Waals surface area contributed by atoms with E-state index in [2.05, 4.69) is 5.10 Å². The number of hydrogen-bond donors (Lipinski definition) is 1. The summed E-state index contributed by atoms with van der Waals surface area (Å²) in [7, 11) is 0. The summed E-state index contributed by atoms with van der Waals surface area (Å²) < 4.78 is 5.26. The Hall–Kier alpha value is -3.60. The molecule has 5 heteroatoms. The van der Waals surface area contributed by atoms with E-state index in [0.29, 0.717) is 5.75 Å². The van der Waals surface area contributed by atoms with E-state index in [1.165, 1.54) is 0 Å². The van der Waals surface area contributed by atoms with Crippen molar-refractivity contribution in [3.8, 4) is 5.75 Å². The van der Waals surface area contributed by atoms with E-state index >= 15 is 0 Å². The highest BCUT2D eigenvalue weighted by Crippen LogP contribution is 2.25. The molecule has 0 aromatic heterocycles. The number of nitrogens with two attached hydrogens (primary N) is 1. The molecule has 1 amide bonds. The highest BCUT2D eigenvalue weighted by Gasteiger charge is 2.06. The molecule has 0 bridgehead atoms. The molecule has 2 N–H and O–H groups in total. The van der Waals surface area contributed by atoms with Crippen LogP contribution < -0.4 is 15.5 Å². The lowest BCUT2D eigenvalue weighted by Gasteiger charge is -2.19. The van der Waals surface area contributed by atoms with Gasteiger partial charge in [-0.1, -0.05) is 36.4 Å². The number of carbonyl (C=O) groups is 1. The number of benzene rings is 3. The Morgan fingerprint density at radius 1 is 0.885 bits per heavy atom. The van der Waals surface area contributed by atoms with Crippen LogP contribution in [0.4, 0.5) is 11.4 Å². The average molecular weight is 345 g/mol. The Balaban J connectivity index is 1.79. The Morgan fingerprint density at radius 2 is 1.42 bits per heavy atom. The second-order valence-corrected chi connectivity index (χ2v) is 5.55. The van der Waals surface area contributed by atoms with Gasteiger partial charge in [-0.05, 0) is 54.1 Å². The number of hydrazone groups is 1. The fourth-order valence-corrected chi connectivity index (χ4v) is 2.35. The number of rotatable bonds is 7. The maximum Gasteiger partial charge on any atom is 0.255 e. The van der Waals surface area contributed by atoms with Gasteiger partial charge < -0.3 is 10.5 Å². The maximum atomic E-state index is 10.8. The predicted molar refractivity (Wildman–Crippen MR) is 104 cm³/mol. The van der Waals surface area contributed by atoms with Gasteiger partial charge >= 0.3 is 0 Å². The number of anilines is 2. The van der Waals surface area contributed by atoms with Gasteiger partial charge in [-0.2, -0.15) is 5.10 Å². The van der Waals surface area contributed by atoms with Crippen molar-refractivity contribution >= 4 is 23.5 Å². The van der Waals surface area contributed by atoms with Crippen LogP contribution in [0.25, 0.3) is 0 Å². The topological polar surface area (TPSA) is 67.9 Å². The molecular weight excluding hydrogens is 326 g/mol. The average Bonchev–Trinajstić information content (AvgIpc) is 2.69. The molecule has 0 fully saturated rings. The van der Waals surface area contributed by atoms with Crippen LogP contribution in [0, 0.1) is 0 Å². The minimum absolute atomic E-state index is 0.136. The van der Waals surface area contributed by atoms with Gasteiger partial charge in [-0.15, -0.1) is 0 Å². The van der Waals surface area contributed by atoms with E-state index < -0.39 is 5.91 Å². The lowest BCUT2D eigenvalue weighted by atomic mass is 10.2. The van der Waals surface area contributed by atoms with Crippen molar-refractivity contribution in [2.24, 2.45) is 10.8 Å². The van der Waals surface area contributed by atoms with Crippen LogP contribution in [-0.4, -0.2) is 18.7 Å². The number of amides is 1. The highest BCUT2D eigenvalue weighted by atomic mass is 16.5. The van der Waals surface area contributed by atoms with Crippen molar-refractivity contribution in [1.82, 2.24) is 0 Å². The van der Waals surface area contributed by atoms with Gasteiger partial charge in [-0.3, -0.25) is 4.79 Å². The van der Waals surface area contributed by atoms with Crippen molar-refractivity contribution in [2.45, 2.75) is 0 Å². The molecular formula is C21H19N3O2. The molecule has 0 heterocycles. The molecule has 0 aliphatic rings. The third-order valence-corrected chi connectivity index (χ3v) is 3.58. The molecule has 0 saturated heterocycles. The number of para-hydroxylation sites is 2. The minimum Gasteiger partial charge on any atom is -0.484 e. The molecule has 3 aromatic carbocycles. The third kappa shape index (κ3) is 4.70. The van der Waals surface area contributed by atoms with E-state index in [0.717, 1.165) is 16.9 Å². The quantitative estimate of drug-likeness (QED) is 0.524. The van der Waals surface area contributed by atoms with Crippen LogP contribution in [0.3, 0.4) is 0 Å². The van der Waals surface area contributed by atoms with Crippen LogP contribution >= 0.6 is 0 Å². The van der Waals surface area contributed by atoms with Crippen LogP contribution in [0.2, 0.25) is 0 Å². The lowest BCUT2D eigenvalue weighted by Crippen LogP contribution is -2.19. The molecule has 0 spiro atoms. The van der Waals surface area contributed by atoms with Gasteiger partial charge in [0.15, 0.2) is 6.61 Å². The first-order valence-electron chi connectivity index (χ1n) is 8.18. The van der Waals surface area contributed by atoms with Crippen LogP contribution in [0.1, 0.15) is 5.56 Å². The molecule has 5 nitrogen and oxygen atoms in total. The number of primary amides is 1. The van der Waals surface area contributed by atoms with E-state index in [-0.39, 0.29) is 6.61 Å². The first kappa shape index (κ1) is 17.2. The van der Waals surface area contributed by atoms with E-state index in [1.807, 2.05) is 77.8 Å². The molecule has 0 unspecified atom stereocenters. The Bertz CT molecular complexity index is 823. The summed E-state index contributed by atoms with van der Waals surface area (Å²) in [6.07, 6.45) is 1.78. The largest absolute Gasteiger partial charge is 0.484 e. The molecule has 0 radical (unpaired) electrons. The minimum atomic E-state index is -0.503. The van der Waals surface area contributed by atoms with Gasteiger partial charge in [0.05, 0.1) is 17.6 Å². The van der Waals surface area contributed by atoms with Gasteiger partial charge in [0.1, 0.15) is 5.75 Å². The summed E-state index contributed by atoms with van der Waals surface area (Å²) in [4.78, 5) is 10.8. The number of ether oxygens (including phenoxy) is 1. The van der Waals surface area contributed by atoms with Crippen LogP contribution in [-0.2, 0) is 4.79 Å². The molecule has 0 aliphatic carbocycles. The normalized spacial score (nSPS) is 10.6. The molecule has 3 aromatic rings. The number of nitrogens with zero attached hydrogens (tertiary/aromatic N) is 2. The SMILES string of the molecule is NC(=O)COc1ccc(/C=N/N(c2ccccc2)c2ccccc2)cc1. The molecule has 26 heavy (non-hydrogen) atoms. The summed E-state index contributed by atoms with van der Waals surface area (Å²) >= 11 is 0. The molecule has 130 valence electrons. The summed E-state index contributed by atoms with van der Waals surface area (Å²) in [5.74, 6) is 0.0842. The monoisotopic (exact) mass is 345 g/mol. The van der Waals surface area contributed by atoms with Gasteiger partial charge in [0, 0.05) is 0 Å². The maximum absolute atomic E-state index is 10.8. The van der Waals surface area contributed by atoms with Crippen molar-refractivity contribution in [1.29, 1.82) is 0 Å². The van der Waals surface area contributed by atoms with Crippen molar-refractivity contribution in [3.63, 3.8) is 0 Å². The highest BCUT2D eigenvalue weighted by molar-refractivity contribution is 5.82. The van der Waals surface area contributed by atoms with Crippen LogP contribution in [0.15, 0.2) is 90.0 Å². The summed E-state index contributed by atoms with van der Waals surface area (Å²) in [5.41, 5.74) is 7.92. The standard InChI is InChI=1S/C21H19N3O2/c22-21(25)16-26-20-13-11-17(12-14-20)15-23-24(18-7-3-1-4-8-18)19-9-5-2-6-10-19/h1-15H,16H2,(H2,22,25)/b23-15+. The second kappa shape index (κ2) is 8.48. The van der Waals surface area contributed by atoms with Gasteiger partial charge in [0.25, 0.3) is 5.91 Å². The van der Waals surface area contributed by atoms with Crippen molar-refractivity contribution < 1.29 is 9.53 Å². The lowest BCUT2D eigenvalue weighted by molar-refractivity contribution is -0.119. The zero-order chi connectivity index (χ0) is 18.2. The fraction of sp³-hybridized carbons (Fsp3) is 0.0476. The van der Waals surface area contributed by atoms with E-state index in [9.17, 15) is 4.79 Å². The first-order valence-corrected chi connectivity index (χ1v) is 8.18. The Morgan fingerprint density at radius 3 is 1.92 bits per heavy atom. The smallest absolute Gasteiger partial charge is 0.255 e.